The van der Waals surface area contributed by atoms with Crippen LogP contribution in [0.15, 0.2) is 60.7 Å². The van der Waals surface area contributed by atoms with Gasteiger partial charge in [-0.05, 0) is 38.1 Å². The normalized spacial score (nSPS) is 12.3. The van der Waals surface area contributed by atoms with E-state index in [4.69, 9.17) is 0 Å². The largest absolute Gasteiger partial charge is 0.383 e. The lowest BCUT2D eigenvalue weighted by Gasteiger charge is -2.25. The SMILES string of the molecule is CC(CNc1ccccc1)N(C)CCc1ccccc1. The second-order valence-corrected chi connectivity index (χ2v) is 5.31. The van der Waals surface area contributed by atoms with Crippen LogP contribution in [0.25, 0.3) is 0 Å². The molecule has 0 bridgehead atoms. The van der Waals surface area contributed by atoms with E-state index in [2.05, 4.69) is 78.8 Å². The zero-order valence-electron chi connectivity index (χ0n) is 12.4. The van der Waals surface area contributed by atoms with E-state index in [-0.39, 0.29) is 0 Å². The summed E-state index contributed by atoms with van der Waals surface area (Å²) < 4.78 is 0. The molecule has 2 rings (SSSR count). The van der Waals surface area contributed by atoms with Gasteiger partial charge >= 0.3 is 0 Å². The van der Waals surface area contributed by atoms with Crippen molar-refractivity contribution in [3.8, 4) is 0 Å². The van der Waals surface area contributed by atoms with Gasteiger partial charge in [-0.25, -0.2) is 0 Å². The second kappa shape index (κ2) is 7.71. The van der Waals surface area contributed by atoms with Gasteiger partial charge < -0.3 is 10.2 Å². The van der Waals surface area contributed by atoms with Crippen LogP contribution in [0, 0.1) is 0 Å². The van der Waals surface area contributed by atoms with E-state index in [1.165, 1.54) is 11.3 Å². The first-order valence-corrected chi connectivity index (χ1v) is 7.29. The minimum Gasteiger partial charge on any atom is -0.383 e. The Kier molecular flexibility index (Phi) is 5.63. The molecule has 20 heavy (non-hydrogen) atoms. The van der Waals surface area contributed by atoms with Crippen molar-refractivity contribution in [2.45, 2.75) is 19.4 Å². The van der Waals surface area contributed by atoms with Crippen molar-refractivity contribution in [1.82, 2.24) is 4.90 Å². The Morgan fingerprint density at radius 3 is 2.20 bits per heavy atom. The van der Waals surface area contributed by atoms with Gasteiger partial charge in [0.1, 0.15) is 0 Å². The Morgan fingerprint density at radius 1 is 0.950 bits per heavy atom. The van der Waals surface area contributed by atoms with Gasteiger partial charge in [-0.1, -0.05) is 48.5 Å². The zero-order valence-corrected chi connectivity index (χ0v) is 12.4. The molecule has 2 aromatic rings. The molecular formula is C18H24N2. The maximum Gasteiger partial charge on any atom is 0.0340 e. The lowest BCUT2D eigenvalue weighted by atomic mass is 10.1. The average molecular weight is 268 g/mol. The molecule has 0 heterocycles. The molecule has 0 saturated carbocycles. The number of benzene rings is 2. The molecule has 0 aliphatic rings. The molecule has 106 valence electrons. The number of anilines is 1. The van der Waals surface area contributed by atoms with Gasteiger partial charge in [-0.3, -0.25) is 0 Å². The minimum atomic E-state index is 0.513. The van der Waals surface area contributed by atoms with E-state index < -0.39 is 0 Å². The van der Waals surface area contributed by atoms with E-state index >= 15 is 0 Å². The van der Waals surface area contributed by atoms with Gasteiger partial charge in [0.15, 0.2) is 0 Å². The molecule has 0 aliphatic carbocycles. The van der Waals surface area contributed by atoms with Gasteiger partial charge in [0.2, 0.25) is 0 Å². The van der Waals surface area contributed by atoms with E-state index in [9.17, 15) is 0 Å². The quantitative estimate of drug-likeness (QED) is 0.824. The summed E-state index contributed by atoms with van der Waals surface area (Å²) in [4.78, 5) is 2.41. The summed E-state index contributed by atoms with van der Waals surface area (Å²) in [5.41, 5.74) is 2.60. The van der Waals surface area contributed by atoms with Crippen molar-refractivity contribution >= 4 is 5.69 Å². The van der Waals surface area contributed by atoms with Crippen LogP contribution in [0.4, 0.5) is 5.69 Å². The fraction of sp³-hybridized carbons (Fsp3) is 0.333. The van der Waals surface area contributed by atoms with Crippen LogP contribution in [0.3, 0.4) is 0 Å². The van der Waals surface area contributed by atoms with Gasteiger partial charge in [-0.2, -0.15) is 0 Å². The number of hydrogen-bond acceptors (Lipinski definition) is 2. The second-order valence-electron chi connectivity index (χ2n) is 5.31. The highest BCUT2D eigenvalue weighted by atomic mass is 15.1. The van der Waals surface area contributed by atoms with Crippen LogP contribution < -0.4 is 5.32 Å². The first-order chi connectivity index (χ1) is 9.75. The molecule has 1 atom stereocenters. The number of nitrogens with one attached hydrogen (secondary N) is 1. The van der Waals surface area contributed by atoms with E-state index in [1.54, 1.807) is 0 Å². The first-order valence-electron chi connectivity index (χ1n) is 7.29. The molecule has 0 amide bonds. The Hall–Kier alpha value is -1.80. The molecule has 2 heteroatoms. The molecular weight excluding hydrogens is 244 g/mol. The van der Waals surface area contributed by atoms with E-state index in [0.717, 1.165) is 19.5 Å². The van der Waals surface area contributed by atoms with Crippen LogP contribution in [0.5, 0.6) is 0 Å². The molecule has 0 radical (unpaired) electrons. The lowest BCUT2D eigenvalue weighted by molar-refractivity contribution is 0.270. The monoisotopic (exact) mass is 268 g/mol. The van der Waals surface area contributed by atoms with Gasteiger partial charge in [0, 0.05) is 24.8 Å². The van der Waals surface area contributed by atoms with Crippen molar-refractivity contribution in [3.63, 3.8) is 0 Å². The predicted molar refractivity (Wildman–Crippen MR) is 87.2 cm³/mol. The summed E-state index contributed by atoms with van der Waals surface area (Å²) in [6.07, 6.45) is 1.10. The average Bonchev–Trinajstić information content (AvgIpc) is 2.52. The highest BCUT2D eigenvalue weighted by Gasteiger charge is 2.08. The van der Waals surface area contributed by atoms with Gasteiger partial charge in [0.25, 0.3) is 0 Å². The number of para-hydroxylation sites is 1. The third-order valence-corrected chi connectivity index (χ3v) is 3.72. The van der Waals surface area contributed by atoms with Crippen LogP contribution in [-0.2, 0) is 6.42 Å². The molecule has 0 saturated heterocycles. The third kappa shape index (κ3) is 4.71. The summed E-state index contributed by atoms with van der Waals surface area (Å²) in [6, 6.07) is 21.6. The summed E-state index contributed by atoms with van der Waals surface area (Å²) in [5.74, 6) is 0. The highest BCUT2D eigenvalue weighted by Crippen LogP contribution is 2.07. The number of nitrogens with zero attached hydrogens (tertiary/aromatic N) is 1. The Morgan fingerprint density at radius 2 is 1.55 bits per heavy atom. The molecule has 2 aromatic carbocycles. The van der Waals surface area contributed by atoms with Crippen LogP contribution in [-0.4, -0.2) is 31.1 Å². The topological polar surface area (TPSA) is 15.3 Å². The third-order valence-electron chi connectivity index (χ3n) is 3.72. The Bertz CT molecular complexity index is 434. The van der Waals surface area contributed by atoms with Gasteiger partial charge in [0.05, 0.1) is 0 Å². The maximum absolute atomic E-state index is 3.48. The lowest BCUT2D eigenvalue weighted by Crippen LogP contribution is -2.36. The molecule has 1 N–H and O–H groups in total. The van der Waals surface area contributed by atoms with Crippen molar-refractivity contribution in [3.05, 3.63) is 66.2 Å². The molecule has 0 fully saturated rings. The number of likely N-dealkylation sites (N-methyl/N-ethyl adjacent to an activating group) is 1. The van der Waals surface area contributed by atoms with Crippen LogP contribution in [0.2, 0.25) is 0 Å². The summed E-state index contributed by atoms with van der Waals surface area (Å²) in [5, 5.41) is 3.48. The van der Waals surface area contributed by atoms with Crippen LogP contribution in [0.1, 0.15) is 12.5 Å². The smallest absolute Gasteiger partial charge is 0.0340 e. The van der Waals surface area contributed by atoms with E-state index in [0.29, 0.717) is 6.04 Å². The molecule has 2 nitrogen and oxygen atoms in total. The molecule has 0 aromatic heterocycles. The zero-order chi connectivity index (χ0) is 14.2. The summed E-state index contributed by atoms with van der Waals surface area (Å²) in [7, 11) is 2.19. The molecule has 0 aliphatic heterocycles. The molecule has 1 unspecified atom stereocenters. The Balaban J connectivity index is 1.73. The predicted octanol–water partition coefficient (Wildman–Crippen LogP) is 3.66. The summed E-state index contributed by atoms with van der Waals surface area (Å²) >= 11 is 0. The maximum atomic E-state index is 3.48. The van der Waals surface area contributed by atoms with Gasteiger partial charge in [-0.15, -0.1) is 0 Å². The van der Waals surface area contributed by atoms with E-state index in [1.807, 2.05) is 6.07 Å². The van der Waals surface area contributed by atoms with Crippen molar-refractivity contribution < 1.29 is 0 Å². The highest BCUT2D eigenvalue weighted by molar-refractivity contribution is 5.42. The Labute approximate surface area is 122 Å². The van der Waals surface area contributed by atoms with Crippen molar-refractivity contribution in [2.75, 3.05) is 25.5 Å². The first kappa shape index (κ1) is 14.6. The van der Waals surface area contributed by atoms with Crippen molar-refractivity contribution in [1.29, 1.82) is 0 Å². The fourth-order valence-electron chi connectivity index (χ4n) is 2.15. The number of rotatable bonds is 7. The standard InChI is InChI=1S/C18H24N2/c1-16(15-19-18-11-7-4-8-12-18)20(2)14-13-17-9-5-3-6-10-17/h3-12,16,19H,13-15H2,1-2H3. The van der Waals surface area contributed by atoms with Crippen molar-refractivity contribution in [2.24, 2.45) is 0 Å². The molecule has 0 spiro atoms. The summed E-state index contributed by atoms with van der Waals surface area (Å²) in [6.45, 7) is 4.32. The minimum absolute atomic E-state index is 0.513. The fourth-order valence-corrected chi connectivity index (χ4v) is 2.15. The van der Waals surface area contributed by atoms with Crippen LogP contribution >= 0.6 is 0 Å². The number of hydrogen-bond donors (Lipinski definition) is 1.